The van der Waals surface area contributed by atoms with Gasteiger partial charge in [0.05, 0.1) is 5.56 Å². The highest BCUT2D eigenvalue weighted by molar-refractivity contribution is 6.33. The molecule has 0 radical (unpaired) electrons. The van der Waals surface area contributed by atoms with Gasteiger partial charge >= 0.3 is 0 Å². The van der Waals surface area contributed by atoms with Crippen LogP contribution < -0.4 is 16.3 Å². The molecule has 0 atom stereocenters. The number of pyridine rings is 1. The number of hydrogen-bond acceptors (Lipinski definition) is 6. The van der Waals surface area contributed by atoms with Crippen molar-refractivity contribution in [3.8, 4) is 11.1 Å². The van der Waals surface area contributed by atoms with Crippen LogP contribution in [0.4, 0.5) is 5.95 Å². The average Bonchev–Trinajstić information content (AvgIpc) is 2.74. The lowest BCUT2D eigenvalue weighted by Gasteiger charge is -2.23. The van der Waals surface area contributed by atoms with E-state index in [1.54, 1.807) is 12.3 Å². The molecule has 1 saturated heterocycles. The minimum absolute atomic E-state index is 0. The van der Waals surface area contributed by atoms with Crippen molar-refractivity contribution in [3.63, 3.8) is 0 Å². The van der Waals surface area contributed by atoms with Crippen molar-refractivity contribution in [2.75, 3.05) is 30.5 Å². The molecule has 7 nitrogen and oxygen atoms in total. The topological polar surface area (TPSA) is 81.1 Å². The van der Waals surface area contributed by atoms with Crippen molar-refractivity contribution in [3.05, 3.63) is 51.9 Å². The highest BCUT2D eigenvalue weighted by atomic mass is 35.5. The maximum Gasteiger partial charge on any atom is 0.278 e. The fourth-order valence-electron chi connectivity index (χ4n) is 3.48. The van der Waals surface area contributed by atoms with Gasteiger partial charge in [-0.1, -0.05) is 43.6 Å². The predicted octanol–water partition coefficient (Wildman–Crippen LogP) is 4.32. The second-order valence-corrected chi connectivity index (χ2v) is 8.35. The molecular weight excluding hydrogens is 437 g/mol. The quantitative estimate of drug-likeness (QED) is 0.566. The molecule has 2 N–H and O–H groups in total. The Balaban J connectivity index is 0.00000272. The summed E-state index contributed by atoms with van der Waals surface area (Å²) in [6.07, 6.45) is 3.56. The standard InChI is InChI=1S/C22H26ClN5O2.ClH/c1-14(2)12-25-28-20-15(11-18(21(28)29)17-5-3-4-6-19(17)23)13-24-22(27-20)26-16-7-9-30-10-8-16;/h3-6,11,13-14,16,25H,7-10,12H2,1-2H3,(H,24,26,27);1H. The molecule has 0 spiro atoms. The van der Waals surface area contributed by atoms with Crippen LogP contribution in [0, 0.1) is 5.92 Å². The molecule has 1 aliphatic heterocycles. The molecule has 9 heteroatoms. The predicted molar refractivity (Wildman–Crippen MR) is 128 cm³/mol. The lowest BCUT2D eigenvalue weighted by atomic mass is 10.1. The molecule has 0 saturated carbocycles. The molecule has 2 aromatic heterocycles. The van der Waals surface area contributed by atoms with Crippen LogP contribution in [0.1, 0.15) is 26.7 Å². The second-order valence-electron chi connectivity index (χ2n) is 7.94. The van der Waals surface area contributed by atoms with E-state index in [0.29, 0.717) is 40.2 Å². The Labute approximate surface area is 192 Å². The molecule has 0 unspecified atom stereocenters. The molecule has 3 aromatic rings. The van der Waals surface area contributed by atoms with Crippen LogP contribution in [0.3, 0.4) is 0 Å². The number of aromatic nitrogens is 3. The van der Waals surface area contributed by atoms with Crippen molar-refractivity contribution >= 4 is 41.0 Å². The first-order valence-electron chi connectivity index (χ1n) is 10.3. The summed E-state index contributed by atoms with van der Waals surface area (Å²) < 4.78 is 6.93. The summed E-state index contributed by atoms with van der Waals surface area (Å²) in [6.45, 7) is 6.27. The van der Waals surface area contributed by atoms with E-state index in [-0.39, 0.29) is 24.0 Å². The van der Waals surface area contributed by atoms with E-state index >= 15 is 0 Å². The smallest absolute Gasteiger partial charge is 0.278 e. The minimum Gasteiger partial charge on any atom is -0.381 e. The molecule has 1 aromatic carbocycles. The Morgan fingerprint density at radius 2 is 1.97 bits per heavy atom. The first kappa shape index (κ1) is 23.3. The summed E-state index contributed by atoms with van der Waals surface area (Å²) in [5, 5.41) is 4.67. The summed E-state index contributed by atoms with van der Waals surface area (Å²) in [6, 6.07) is 9.42. The molecule has 0 aliphatic carbocycles. The number of rotatable bonds is 6. The van der Waals surface area contributed by atoms with Gasteiger partial charge in [0.1, 0.15) is 0 Å². The molecule has 3 heterocycles. The molecule has 4 rings (SSSR count). The van der Waals surface area contributed by atoms with E-state index in [2.05, 4.69) is 34.6 Å². The van der Waals surface area contributed by atoms with Crippen LogP contribution in [0.5, 0.6) is 0 Å². The number of hydrogen-bond donors (Lipinski definition) is 2. The minimum atomic E-state index is -0.188. The van der Waals surface area contributed by atoms with Gasteiger partial charge in [-0.3, -0.25) is 4.79 Å². The summed E-state index contributed by atoms with van der Waals surface area (Å²) >= 11 is 6.38. The number of fused-ring (bicyclic) bond motifs is 1. The average molecular weight is 464 g/mol. The third-order valence-corrected chi connectivity index (χ3v) is 5.45. The maximum absolute atomic E-state index is 13.4. The van der Waals surface area contributed by atoms with Crippen molar-refractivity contribution in [2.45, 2.75) is 32.7 Å². The lowest BCUT2D eigenvalue weighted by Crippen LogP contribution is -2.33. The van der Waals surface area contributed by atoms with E-state index in [0.717, 1.165) is 31.4 Å². The fraction of sp³-hybridized carbons (Fsp3) is 0.409. The Morgan fingerprint density at radius 3 is 2.68 bits per heavy atom. The Morgan fingerprint density at radius 1 is 1.23 bits per heavy atom. The van der Waals surface area contributed by atoms with Gasteiger partial charge in [0, 0.05) is 48.0 Å². The first-order chi connectivity index (χ1) is 14.5. The van der Waals surface area contributed by atoms with Crippen molar-refractivity contribution in [1.29, 1.82) is 0 Å². The molecule has 1 aliphatic rings. The third kappa shape index (κ3) is 5.29. The molecule has 166 valence electrons. The zero-order valence-electron chi connectivity index (χ0n) is 17.6. The second kappa shape index (κ2) is 10.3. The lowest BCUT2D eigenvalue weighted by molar-refractivity contribution is 0.0903. The van der Waals surface area contributed by atoms with Crippen molar-refractivity contribution < 1.29 is 4.74 Å². The Hall–Kier alpha value is -2.35. The zero-order valence-corrected chi connectivity index (χ0v) is 19.2. The first-order valence-corrected chi connectivity index (χ1v) is 10.7. The van der Waals surface area contributed by atoms with Gasteiger partial charge in [0.15, 0.2) is 5.65 Å². The van der Waals surface area contributed by atoms with E-state index in [1.807, 2.05) is 24.3 Å². The normalized spacial score (nSPS) is 14.5. The monoisotopic (exact) mass is 463 g/mol. The van der Waals surface area contributed by atoms with Crippen LogP contribution in [0.25, 0.3) is 22.2 Å². The van der Waals surface area contributed by atoms with Crippen LogP contribution in [-0.2, 0) is 4.74 Å². The highest BCUT2D eigenvalue weighted by Crippen LogP contribution is 2.27. The number of ether oxygens (including phenoxy) is 1. The van der Waals surface area contributed by atoms with E-state index < -0.39 is 0 Å². The van der Waals surface area contributed by atoms with Crippen LogP contribution in [0.15, 0.2) is 41.3 Å². The van der Waals surface area contributed by atoms with Gasteiger partial charge in [-0.2, -0.15) is 4.98 Å². The summed E-state index contributed by atoms with van der Waals surface area (Å²) in [7, 11) is 0. The number of nitrogens with zero attached hydrogens (tertiary/aromatic N) is 3. The summed E-state index contributed by atoms with van der Waals surface area (Å²) in [4.78, 5) is 22.5. The highest BCUT2D eigenvalue weighted by Gasteiger charge is 2.18. The molecule has 0 bridgehead atoms. The largest absolute Gasteiger partial charge is 0.381 e. The number of nitrogens with one attached hydrogen (secondary N) is 2. The molecular formula is C22H27Cl2N5O2. The molecule has 1 fully saturated rings. The Kier molecular flexibility index (Phi) is 7.75. The van der Waals surface area contributed by atoms with Gasteiger partial charge in [0.2, 0.25) is 5.95 Å². The fourth-order valence-corrected chi connectivity index (χ4v) is 3.72. The van der Waals surface area contributed by atoms with E-state index in [4.69, 9.17) is 16.3 Å². The van der Waals surface area contributed by atoms with Gasteiger partial charge in [-0.15, -0.1) is 12.4 Å². The van der Waals surface area contributed by atoms with E-state index in [1.165, 1.54) is 4.68 Å². The molecule has 0 amide bonds. The van der Waals surface area contributed by atoms with Gasteiger partial charge < -0.3 is 15.5 Å². The zero-order chi connectivity index (χ0) is 21.1. The van der Waals surface area contributed by atoms with Crippen molar-refractivity contribution in [2.24, 2.45) is 5.92 Å². The van der Waals surface area contributed by atoms with Gasteiger partial charge in [0.25, 0.3) is 5.56 Å². The van der Waals surface area contributed by atoms with E-state index in [9.17, 15) is 4.79 Å². The maximum atomic E-state index is 13.4. The Bertz CT molecular complexity index is 1100. The number of benzene rings is 1. The van der Waals surface area contributed by atoms with Gasteiger partial charge in [-0.05, 0) is 30.9 Å². The van der Waals surface area contributed by atoms with Crippen LogP contribution >= 0.6 is 24.0 Å². The summed E-state index contributed by atoms with van der Waals surface area (Å²) in [5.74, 6) is 0.872. The molecule has 31 heavy (non-hydrogen) atoms. The van der Waals surface area contributed by atoms with Crippen LogP contribution in [0.2, 0.25) is 5.02 Å². The van der Waals surface area contributed by atoms with Gasteiger partial charge in [-0.25, -0.2) is 9.66 Å². The SMILES string of the molecule is CC(C)CNn1c(=O)c(-c2ccccc2Cl)cc2cnc(NC3CCOCC3)nc21.Cl. The summed E-state index contributed by atoms with van der Waals surface area (Å²) in [5.41, 5.74) is 4.80. The number of anilines is 1. The van der Waals surface area contributed by atoms with Crippen LogP contribution in [-0.4, -0.2) is 40.4 Å². The van der Waals surface area contributed by atoms with Crippen molar-refractivity contribution in [1.82, 2.24) is 14.6 Å². The number of halogens is 2. The third-order valence-electron chi connectivity index (χ3n) is 5.12.